The van der Waals surface area contributed by atoms with Gasteiger partial charge >= 0.3 is 5.97 Å². The molecule has 4 nitrogen and oxygen atoms in total. The minimum atomic E-state index is -0.888. The van der Waals surface area contributed by atoms with E-state index in [1.807, 2.05) is 13.8 Å². The Balaban J connectivity index is 1.87. The van der Waals surface area contributed by atoms with Crippen LogP contribution in [0.2, 0.25) is 0 Å². The quantitative estimate of drug-likeness (QED) is 0.903. The van der Waals surface area contributed by atoms with E-state index in [4.69, 9.17) is 4.42 Å². The van der Waals surface area contributed by atoms with Gasteiger partial charge in [-0.1, -0.05) is 12.1 Å². The molecule has 1 saturated heterocycles. The normalized spacial score (nSPS) is 23.6. The molecule has 0 amide bonds. The zero-order valence-corrected chi connectivity index (χ0v) is 13.0. The molecule has 1 aliphatic heterocycles. The van der Waals surface area contributed by atoms with Gasteiger partial charge in [0.25, 0.3) is 0 Å². The number of carbonyl (C=O) groups is 1. The maximum absolute atomic E-state index is 13.8. The molecule has 0 radical (unpaired) electrons. The van der Waals surface area contributed by atoms with Crippen LogP contribution in [-0.4, -0.2) is 21.9 Å². The fourth-order valence-corrected chi connectivity index (χ4v) is 3.93. The lowest BCUT2D eigenvalue weighted by atomic mass is 10.0. The molecule has 1 aromatic heterocycles. The van der Waals surface area contributed by atoms with Gasteiger partial charge in [-0.05, 0) is 38.1 Å². The highest BCUT2D eigenvalue weighted by Crippen LogP contribution is 2.46. The Kier molecular flexibility index (Phi) is 3.74. The summed E-state index contributed by atoms with van der Waals surface area (Å²) in [5.74, 6) is -0.202. The number of rotatable bonds is 3. The minimum Gasteiger partial charge on any atom is -0.480 e. The van der Waals surface area contributed by atoms with Gasteiger partial charge in [-0.25, -0.2) is 4.39 Å². The summed E-state index contributed by atoms with van der Waals surface area (Å²) in [6, 6.07) is 9.19. The van der Waals surface area contributed by atoms with Crippen LogP contribution in [0.15, 0.2) is 40.8 Å². The van der Waals surface area contributed by atoms with Crippen molar-refractivity contribution in [2.24, 2.45) is 0 Å². The van der Waals surface area contributed by atoms with E-state index in [1.54, 1.807) is 30.3 Å². The SMILES string of the molecule is CC1(C)SC(c2ccc(-c3ccccc3F)o2)NC1C(=O)O. The first-order chi connectivity index (χ1) is 10.4. The molecule has 116 valence electrons. The molecule has 2 N–H and O–H groups in total. The zero-order valence-electron chi connectivity index (χ0n) is 12.2. The number of nitrogens with one attached hydrogen (secondary N) is 1. The highest BCUT2D eigenvalue weighted by Gasteiger charge is 2.46. The van der Waals surface area contributed by atoms with Gasteiger partial charge in [-0.2, -0.15) is 0 Å². The number of carboxylic acid groups (broad SMARTS) is 1. The second kappa shape index (κ2) is 5.44. The fraction of sp³-hybridized carbons (Fsp3) is 0.312. The van der Waals surface area contributed by atoms with Gasteiger partial charge in [-0.3, -0.25) is 10.1 Å². The molecule has 6 heteroatoms. The minimum absolute atomic E-state index is 0.267. The Morgan fingerprint density at radius 1 is 1.32 bits per heavy atom. The van der Waals surface area contributed by atoms with Crippen LogP contribution < -0.4 is 5.32 Å². The Morgan fingerprint density at radius 3 is 2.68 bits per heavy atom. The molecule has 0 saturated carbocycles. The van der Waals surface area contributed by atoms with Crippen molar-refractivity contribution < 1.29 is 18.7 Å². The van der Waals surface area contributed by atoms with Crippen LogP contribution in [0.4, 0.5) is 4.39 Å². The lowest BCUT2D eigenvalue weighted by Gasteiger charge is -2.20. The van der Waals surface area contributed by atoms with Gasteiger partial charge in [-0.15, -0.1) is 11.8 Å². The smallest absolute Gasteiger partial charge is 0.322 e. The number of furan rings is 1. The van der Waals surface area contributed by atoms with E-state index < -0.39 is 16.8 Å². The molecular formula is C16H16FNO3S. The maximum atomic E-state index is 13.8. The lowest BCUT2D eigenvalue weighted by molar-refractivity contribution is -0.139. The largest absolute Gasteiger partial charge is 0.480 e. The molecule has 3 rings (SSSR count). The molecule has 0 aliphatic carbocycles. The summed E-state index contributed by atoms with van der Waals surface area (Å²) >= 11 is 1.49. The number of halogens is 1. The monoisotopic (exact) mass is 321 g/mol. The number of thioether (sulfide) groups is 1. The third kappa shape index (κ3) is 2.64. The van der Waals surface area contributed by atoms with E-state index in [1.165, 1.54) is 17.8 Å². The first-order valence-electron chi connectivity index (χ1n) is 6.90. The van der Waals surface area contributed by atoms with Crippen molar-refractivity contribution in [3.8, 4) is 11.3 Å². The molecule has 22 heavy (non-hydrogen) atoms. The van der Waals surface area contributed by atoms with Crippen molar-refractivity contribution in [2.45, 2.75) is 30.0 Å². The van der Waals surface area contributed by atoms with Gasteiger partial charge in [0.2, 0.25) is 0 Å². The van der Waals surface area contributed by atoms with E-state index in [-0.39, 0.29) is 11.2 Å². The fourth-order valence-electron chi connectivity index (χ4n) is 2.57. The first-order valence-corrected chi connectivity index (χ1v) is 7.78. The lowest BCUT2D eigenvalue weighted by Crippen LogP contribution is -2.43. The standard InChI is InChI=1S/C16H16FNO3S/c1-16(2)13(15(19)20)18-14(22-16)12-8-7-11(21-12)9-5-3-4-6-10(9)17/h3-8,13-14,18H,1-2H3,(H,19,20). The number of carboxylic acids is 1. The van der Waals surface area contributed by atoms with Crippen LogP contribution in [0.5, 0.6) is 0 Å². The Labute approximate surface area is 131 Å². The summed E-state index contributed by atoms with van der Waals surface area (Å²) in [6.45, 7) is 3.76. The zero-order chi connectivity index (χ0) is 15.9. The predicted octanol–water partition coefficient (Wildman–Crippen LogP) is 3.65. The van der Waals surface area contributed by atoms with Crippen molar-refractivity contribution in [3.63, 3.8) is 0 Å². The van der Waals surface area contributed by atoms with Crippen LogP contribution in [0, 0.1) is 5.82 Å². The van der Waals surface area contributed by atoms with Crippen molar-refractivity contribution >= 4 is 17.7 Å². The summed E-state index contributed by atoms with van der Waals surface area (Å²) in [6.07, 6.45) is 0. The van der Waals surface area contributed by atoms with E-state index >= 15 is 0 Å². The van der Waals surface area contributed by atoms with Gasteiger partial charge in [0.1, 0.15) is 28.8 Å². The third-order valence-corrected chi connectivity index (χ3v) is 5.15. The summed E-state index contributed by atoms with van der Waals surface area (Å²) in [7, 11) is 0. The Hall–Kier alpha value is -1.79. The maximum Gasteiger partial charge on any atom is 0.322 e. The molecule has 2 atom stereocenters. The number of aliphatic carboxylic acids is 1. The summed E-state index contributed by atoms with van der Waals surface area (Å²) in [5, 5.41) is 12.1. The number of hydrogen-bond donors (Lipinski definition) is 2. The molecule has 2 heterocycles. The molecule has 1 fully saturated rings. The van der Waals surface area contributed by atoms with Crippen LogP contribution in [-0.2, 0) is 4.79 Å². The molecule has 0 bridgehead atoms. The van der Waals surface area contributed by atoms with Crippen LogP contribution in [0.3, 0.4) is 0 Å². The van der Waals surface area contributed by atoms with Gasteiger partial charge in [0.05, 0.1) is 5.56 Å². The summed E-state index contributed by atoms with van der Waals surface area (Å²) < 4.78 is 19.1. The molecule has 0 spiro atoms. The van der Waals surface area contributed by atoms with E-state index in [0.717, 1.165) is 0 Å². The highest BCUT2D eigenvalue weighted by molar-refractivity contribution is 8.01. The topological polar surface area (TPSA) is 62.5 Å². The van der Waals surface area contributed by atoms with Crippen LogP contribution in [0.25, 0.3) is 11.3 Å². The predicted molar refractivity (Wildman–Crippen MR) is 83.1 cm³/mol. The van der Waals surface area contributed by atoms with E-state index in [9.17, 15) is 14.3 Å². The molecule has 2 unspecified atom stereocenters. The third-order valence-electron chi connectivity index (χ3n) is 3.71. The van der Waals surface area contributed by atoms with Crippen molar-refractivity contribution in [1.82, 2.24) is 5.32 Å². The highest BCUT2D eigenvalue weighted by atomic mass is 32.2. The summed E-state index contributed by atoms with van der Waals surface area (Å²) in [5.41, 5.74) is 0.394. The van der Waals surface area contributed by atoms with Crippen molar-refractivity contribution in [1.29, 1.82) is 0 Å². The Bertz CT molecular complexity index is 713. The average molecular weight is 321 g/mol. The van der Waals surface area contributed by atoms with E-state index in [0.29, 0.717) is 17.1 Å². The number of hydrogen-bond acceptors (Lipinski definition) is 4. The Morgan fingerprint density at radius 2 is 2.05 bits per heavy atom. The van der Waals surface area contributed by atoms with Gasteiger partial charge in [0, 0.05) is 4.75 Å². The summed E-state index contributed by atoms with van der Waals surface area (Å²) in [4.78, 5) is 11.3. The molecule has 1 aliphatic rings. The first kappa shape index (κ1) is 15.1. The molecule has 2 aromatic rings. The molecular weight excluding hydrogens is 305 g/mol. The van der Waals surface area contributed by atoms with Crippen molar-refractivity contribution in [2.75, 3.05) is 0 Å². The second-order valence-corrected chi connectivity index (χ2v) is 7.48. The van der Waals surface area contributed by atoms with Gasteiger partial charge in [0.15, 0.2) is 0 Å². The van der Waals surface area contributed by atoms with Gasteiger partial charge < -0.3 is 9.52 Å². The van der Waals surface area contributed by atoms with Crippen LogP contribution >= 0.6 is 11.8 Å². The van der Waals surface area contributed by atoms with Crippen molar-refractivity contribution in [3.05, 3.63) is 48.0 Å². The second-order valence-electron chi connectivity index (χ2n) is 5.72. The van der Waals surface area contributed by atoms with E-state index in [2.05, 4.69) is 5.32 Å². The molecule has 1 aromatic carbocycles. The van der Waals surface area contributed by atoms with Crippen LogP contribution in [0.1, 0.15) is 25.0 Å². The number of benzene rings is 1. The average Bonchev–Trinajstić information content (AvgIpc) is 3.03.